The zero-order valence-corrected chi connectivity index (χ0v) is 11.8. The number of hydrogen-bond donors (Lipinski definition) is 2. The van der Waals surface area contributed by atoms with Crippen LogP contribution in [-0.2, 0) is 0 Å². The van der Waals surface area contributed by atoms with Crippen LogP contribution in [0, 0.1) is 6.92 Å². The predicted octanol–water partition coefficient (Wildman–Crippen LogP) is 2.75. The number of aryl methyl sites for hydroxylation is 1. The molecule has 0 aliphatic rings. The summed E-state index contributed by atoms with van der Waals surface area (Å²) in [5.41, 5.74) is 4.36. The molecule has 3 rings (SSSR count). The fourth-order valence-electron chi connectivity index (χ4n) is 2.34. The number of aromatic nitrogens is 3. The lowest BCUT2D eigenvalue weighted by Crippen LogP contribution is -2.02. The van der Waals surface area contributed by atoms with Gasteiger partial charge in [0.25, 0.3) is 0 Å². The first-order chi connectivity index (χ1) is 10.2. The van der Waals surface area contributed by atoms with E-state index in [0.717, 1.165) is 33.8 Å². The minimum Gasteiger partial charge on any atom is -0.497 e. The lowest BCUT2D eigenvalue weighted by Gasteiger charge is -2.05. The Hall–Kier alpha value is -2.82. The maximum Gasteiger partial charge on any atom is 0.248 e. The zero-order valence-electron chi connectivity index (χ0n) is 11.8. The quantitative estimate of drug-likeness (QED) is 0.775. The van der Waals surface area contributed by atoms with Gasteiger partial charge < -0.3 is 9.72 Å². The molecule has 2 aromatic heterocycles. The van der Waals surface area contributed by atoms with Gasteiger partial charge in [0.1, 0.15) is 11.4 Å². The van der Waals surface area contributed by atoms with Crippen molar-refractivity contribution in [2.75, 3.05) is 7.11 Å². The van der Waals surface area contributed by atoms with Crippen LogP contribution in [0.3, 0.4) is 0 Å². The third kappa shape index (κ3) is 2.45. The van der Waals surface area contributed by atoms with Gasteiger partial charge in [0.15, 0.2) is 0 Å². The Morgan fingerprint density at radius 3 is 2.52 bits per heavy atom. The number of ether oxygens (including phenoxy) is 1. The van der Waals surface area contributed by atoms with E-state index in [1.54, 1.807) is 19.4 Å². The summed E-state index contributed by atoms with van der Waals surface area (Å²) in [6.07, 6.45) is 1.64. The molecule has 0 radical (unpaired) electrons. The second-order valence-corrected chi connectivity index (χ2v) is 4.74. The largest absolute Gasteiger partial charge is 0.497 e. The van der Waals surface area contributed by atoms with Crippen LogP contribution in [0.25, 0.3) is 22.4 Å². The smallest absolute Gasteiger partial charge is 0.248 e. The van der Waals surface area contributed by atoms with Gasteiger partial charge in [-0.2, -0.15) is 5.10 Å². The average molecular weight is 281 g/mol. The summed E-state index contributed by atoms with van der Waals surface area (Å²) >= 11 is 0. The minimum atomic E-state index is -0.131. The number of methoxy groups -OCH3 is 1. The van der Waals surface area contributed by atoms with Crippen molar-refractivity contribution in [1.29, 1.82) is 0 Å². The highest BCUT2D eigenvalue weighted by Crippen LogP contribution is 2.32. The molecule has 2 heterocycles. The third-order valence-corrected chi connectivity index (χ3v) is 3.37. The van der Waals surface area contributed by atoms with Gasteiger partial charge in [0.2, 0.25) is 5.56 Å². The molecule has 0 bridgehead atoms. The monoisotopic (exact) mass is 281 g/mol. The van der Waals surface area contributed by atoms with E-state index in [0.29, 0.717) is 0 Å². The van der Waals surface area contributed by atoms with E-state index < -0.39 is 0 Å². The van der Waals surface area contributed by atoms with Crippen molar-refractivity contribution in [3.8, 4) is 28.1 Å². The maximum absolute atomic E-state index is 11.5. The molecule has 0 atom stereocenters. The Morgan fingerprint density at radius 1 is 1.10 bits per heavy atom. The fourth-order valence-corrected chi connectivity index (χ4v) is 2.34. The first kappa shape index (κ1) is 13.2. The number of H-pyrrole nitrogens is 2. The van der Waals surface area contributed by atoms with Crippen LogP contribution in [0.2, 0.25) is 0 Å². The van der Waals surface area contributed by atoms with Crippen molar-refractivity contribution < 1.29 is 4.74 Å². The SMILES string of the molecule is COc1ccc(-c2n[nH]c(C)c2-c2cc[nH]c(=O)c2)cc1. The standard InChI is InChI=1S/C16H15N3O2/c1-10-15(12-7-8-17-14(20)9-12)16(19-18-10)11-3-5-13(21-2)6-4-11/h3-9H,1-2H3,(H,17,20)(H,18,19). The first-order valence-electron chi connectivity index (χ1n) is 6.57. The Morgan fingerprint density at radius 2 is 1.86 bits per heavy atom. The van der Waals surface area contributed by atoms with Gasteiger partial charge in [0.05, 0.1) is 7.11 Å². The van der Waals surface area contributed by atoms with Crippen molar-refractivity contribution in [3.05, 3.63) is 58.6 Å². The Labute approximate surface area is 121 Å². The van der Waals surface area contributed by atoms with Gasteiger partial charge >= 0.3 is 0 Å². The lowest BCUT2D eigenvalue weighted by atomic mass is 10.0. The highest BCUT2D eigenvalue weighted by atomic mass is 16.5. The van der Waals surface area contributed by atoms with E-state index in [4.69, 9.17) is 4.74 Å². The highest BCUT2D eigenvalue weighted by molar-refractivity contribution is 5.82. The molecule has 0 aliphatic carbocycles. The van der Waals surface area contributed by atoms with E-state index in [1.165, 1.54) is 0 Å². The summed E-state index contributed by atoms with van der Waals surface area (Å²) in [6.45, 7) is 1.94. The Balaban J connectivity index is 2.14. The molecule has 1 aromatic carbocycles. The lowest BCUT2D eigenvalue weighted by molar-refractivity contribution is 0.415. The number of hydrogen-bond acceptors (Lipinski definition) is 3. The van der Waals surface area contributed by atoms with E-state index in [-0.39, 0.29) is 5.56 Å². The van der Waals surface area contributed by atoms with E-state index >= 15 is 0 Å². The molecule has 0 saturated heterocycles. The summed E-state index contributed by atoms with van der Waals surface area (Å²) < 4.78 is 5.17. The van der Waals surface area contributed by atoms with Gasteiger partial charge in [-0.25, -0.2) is 0 Å². The summed E-state index contributed by atoms with van der Waals surface area (Å²) in [5.74, 6) is 0.795. The molecule has 5 heteroatoms. The van der Waals surface area contributed by atoms with E-state index in [1.807, 2.05) is 37.3 Å². The Kier molecular flexibility index (Phi) is 3.31. The second kappa shape index (κ2) is 5.28. The molecular weight excluding hydrogens is 266 g/mol. The second-order valence-electron chi connectivity index (χ2n) is 4.74. The zero-order chi connectivity index (χ0) is 14.8. The number of aromatic amines is 2. The van der Waals surface area contributed by atoms with Crippen LogP contribution in [0.5, 0.6) is 5.75 Å². The van der Waals surface area contributed by atoms with E-state index in [2.05, 4.69) is 15.2 Å². The van der Waals surface area contributed by atoms with Crippen LogP contribution in [-0.4, -0.2) is 22.3 Å². The molecule has 0 fully saturated rings. The third-order valence-electron chi connectivity index (χ3n) is 3.37. The predicted molar refractivity (Wildman–Crippen MR) is 81.4 cm³/mol. The molecule has 106 valence electrons. The number of rotatable bonds is 3. The Bertz CT molecular complexity index is 816. The number of pyridine rings is 1. The molecular formula is C16H15N3O2. The normalized spacial score (nSPS) is 10.6. The fraction of sp³-hybridized carbons (Fsp3) is 0.125. The van der Waals surface area contributed by atoms with Gasteiger partial charge in [-0.05, 0) is 42.8 Å². The minimum absolute atomic E-state index is 0.131. The number of nitrogens with zero attached hydrogens (tertiary/aromatic N) is 1. The van der Waals surface area contributed by atoms with Crippen molar-refractivity contribution in [3.63, 3.8) is 0 Å². The van der Waals surface area contributed by atoms with Gasteiger partial charge in [-0.3, -0.25) is 9.89 Å². The van der Waals surface area contributed by atoms with Crippen LogP contribution in [0.4, 0.5) is 0 Å². The van der Waals surface area contributed by atoms with Crippen LogP contribution in [0.1, 0.15) is 5.69 Å². The van der Waals surface area contributed by atoms with Crippen LogP contribution >= 0.6 is 0 Å². The average Bonchev–Trinajstić information content (AvgIpc) is 2.89. The van der Waals surface area contributed by atoms with Gasteiger partial charge in [0, 0.05) is 29.1 Å². The van der Waals surface area contributed by atoms with Gasteiger partial charge in [-0.1, -0.05) is 0 Å². The number of benzene rings is 1. The van der Waals surface area contributed by atoms with Crippen LogP contribution in [0.15, 0.2) is 47.4 Å². The van der Waals surface area contributed by atoms with E-state index in [9.17, 15) is 4.79 Å². The maximum atomic E-state index is 11.5. The number of nitrogens with one attached hydrogen (secondary N) is 2. The molecule has 2 N–H and O–H groups in total. The summed E-state index contributed by atoms with van der Waals surface area (Å²) in [4.78, 5) is 14.2. The highest BCUT2D eigenvalue weighted by Gasteiger charge is 2.14. The molecule has 21 heavy (non-hydrogen) atoms. The summed E-state index contributed by atoms with van der Waals surface area (Å²) in [6, 6.07) is 11.1. The summed E-state index contributed by atoms with van der Waals surface area (Å²) in [7, 11) is 1.63. The molecule has 0 aliphatic heterocycles. The summed E-state index contributed by atoms with van der Waals surface area (Å²) in [5, 5.41) is 7.36. The topological polar surface area (TPSA) is 70.8 Å². The van der Waals surface area contributed by atoms with Crippen molar-refractivity contribution in [2.24, 2.45) is 0 Å². The molecule has 0 spiro atoms. The molecule has 5 nitrogen and oxygen atoms in total. The van der Waals surface area contributed by atoms with Crippen molar-refractivity contribution in [1.82, 2.24) is 15.2 Å². The molecule has 0 unspecified atom stereocenters. The first-order valence-corrected chi connectivity index (χ1v) is 6.57. The van der Waals surface area contributed by atoms with Gasteiger partial charge in [-0.15, -0.1) is 0 Å². The molecule has 0 saturated carbocycles. The molecule has 3 aromatic rings. The van der Waals surface area contributed by atoms with Crippen LogP contribution < -0.4 is 10.3 Å². The van der Waals surface area contributed by atoms with Crippen molar-refractivity contribution in [2.45, 2.75) is 6.92 Å². The molecule has 0 amide bonds. The van der Waals surface area contributed by atoms with Crippen molar-refractivity contribution >= 4 is 0 Å².